The van der Waals surface area contributed by atoms with Crippen molar-refractivity contribution in [2.75, 3.05) is 0 Å². The first-order valence-corrected chi connectivity index (χ1v) is 10.4. The molecule has 1 aliphatic rings. The van der Waals surface area contributed by atoms with E-state index in [9.17, 15) is 0 Å². The Morgan fingerprint density at radius 2 is 1.43 bits per heavy atom. The van der Waals surface area contributed by atoms with Crippen molar-refractivity contribution < 1.29 is 4.57 Å². The maximum absolute atomic E-state index is 2.39. The summed E-state index contributed by atoms with van der Waals surface area (Å²) < 4.78 is 3.74. The van der Waals surface area contributed by atoms with Crippen LogP contribution in [-0.2, 0) is 6.54 Å². The van der Waals surface area contributed by atoms with Gasteiger partial charge >= 0.3 is 0 Å². The SMILES string of the molecule is c1ccc(-c2ccc3c(c2)C[n+]2ccc4sc(-c5ccccc5)cc4c2-3)cc1. The molecule has 1 nitrogen and oxygen atoms in total. The fourth-order valence-electron chi connectivity index (χ4n) is 4.23. The van der Waals surface area contributed by atoms with Crippen LogP contribution in [0.4, 0.5) is 0 Å². The molecule has 0 atom stereocenters. The number of aromatic nitrogens is 1. The van der Waals surface area contributed by atoms with Crippen molar-refractivity contribution in [2.45, 2.75) is 6.54 Å². The van der Waals surface area contributed by atoms with E-state index >= 15 is 0 Å². The van der Waals surface area contributed by atoms with Crippen molar-refractivity contribution >= 4 is 21.4 Å². The van der Waals surface area contributed by atoms with Gasteiger partial charge in [0, 0.05) is 21.2 Å². The van der Waals surface area contributed by atoms with Crippen LogP contribution in [0.25, 0.3) is 42.9 Å². The molecule has 0 N–H and O–H groups in total. The maximum Gasteiger partial charge on any atom is 0.222 e. The molecule has 0 bridgehead atoms. The first kappa shape index (κ1) is 15.8. The third-order valence-corrected chi connectivity index (χ3v) is 6.72. The van der Waals surface area contributed by atoms with Crippen molar-refractivity contribution in [2.24, 2.45) is 0 Å². The molecular formula is C26H18NS+. The zero-order valence-electron chi connectivity index (χ0n) is 15.3. The monoisotopic (exact) mass is 376 g/mol. The first-order chi connectivity index (χ1) is 13.9. The van der Waals surface area contributed by atoms with Crippen LogP contribution in [0.5, 0.6) is 0 Å². The molecule has 132 valence electrons. The molecule has 2 heteroatoms. The van der Waals surface area contributed by atoms with Crippen molar-refractivity contribution in [1.29, 1.82) is 0 Å². The Bertz CT molecular complexity index is 1320. The van der Waals surface area contributed by atoms with Crippen molar-refractivity contribution in [1.82, 2.24) is 0 Å². The normalized spacial score (nSPS) is 12.1. The van der Waals surface area contributed by atoms with Gasteiger partial charge in [-0.05, 0) is 34.9 Å². The molecule has 0 aliphatic carbocycles. The lowest BCUT2D eigenvalue weighted by Gasteiger charge is -2.03. The van der Waals surface area contributed by atoms with E-state index in [1.165, 1.54) is 48.5 Å². The first-order valence-electron chi connectivity index (χ1n) is 9.57. The number of rotatable bonds is 2. The molecule has 2 aromatic heterocycles. The number of hydrogen-bond acceptors (Lipinski definition) is 1. The predicted octanol–water partition coefficient (Wildman–Crippen LogP) is 6.55. The van der Waals surface area contributed by atoms with E-state index in [1.54, 1.807) is 0 Å². The summed E-state index contributed by atoms with van der Waals surface area (Å²) in [5.41, 5.74) is 7.98. The number of benzene rings is 3. The summed E-state index contributed by atoms with van der Waals surface area (Å²) in [5, 5.41) is 1.36. The standard InChI is InChI=1S/C26H18NS/c1-3-7-18(8-4-1)20-11-12-22-21(15-20)17-27-14-13-24-23(26(22)27)16-25(28-24)19-9-5-2-6-10-19/h1-16H,17H2/q+1. The predicted molar refractivity (Wildman–Crippen MR) is 117 cm³/mol. The molecule has 3 aromatic carbocycles. The number of pyridine rings is 1. The minimum Gasteiger partial charge on any atom is -0.193 e. The molecule has 1 aliphatic heterocycles. The second-order valence-corrected chi connectivity index (χ2v) is 8.37. The van der Waals surface area contributed by atoms with Crippen LogP contribution in [0.3, 0.4) is 0 Å². The van der Waals surface area contributed by atoms with E-state index in [0.717, 1.165) is 6.54 Å². The molecule has 0 saturated heterocycles. The summed E-state index contributed by atoms with van der Waals surface area (Å²) in [6.07, 6.45) is 2.24. The highest BCUT2D eigenvalue weighted by molar-refractivity contribution is 7.22. The average Bonchev–Trinajstić information content (AvgIpc) is 3.35. The van der Waals surface area contributed by atoms with Gasteiger partial charge in [-0.2, -0.15) is 4.57 Å². The highest BCUT2D eigenvalue weighted by Gasteiger charge is 2.29. The van der Waals surface area contributed by atoms with Crippen LogP contribution in [-0.4, -0.2) is 0 Å². The second kappa shape index (κ2) is 6.15. The van der Waals surface area contributed by atoms with E-state index in [1.807, 2.05) is 11.3 Å². The second-order valence-electron chi connectivity index (χ2n) is 7.28. The van der Waals surface area contributed by atoms with Gasteiger partial charge in [0.1, 0.15) is 0 Å². The zero-order valence-corrected chi connectivity index (χ0v) is 16.1. The minimum absolute atomic E-state index is 0.942. The van der Waals surface area contributed by atoms with E-state index in [2.05, 4.69) is 102 Å². The van der Waals surface area contributed by atoms with Gasteiger partial charge in [-0.15, -0.1) is 11.3 Å². The number of thiophene rings is 1. The molecule has 0 fully saturated rings. The quantitative estimate of drug-likeness (QED) is 0.302. The van der Waals surface area contributed by atoms with Crippen LogP contribution in [0.15, 0.2) is 97.2 Å². The summed E-state index contributed by atoms with van der Waals surface area (Å²) in [5.74, 6) is 0. The van der Waals surface area contributed by atoms with Crippen molar-refractivity contribution in [3.05, 3.63) is 103 Å². The zero-order chi connectivity index (χ0) is 18.5. The smallest absolute Gasteiger partial charge is 0.193 e. The molecule has 6 rings (SSSR count). The lowest BCUT2D eigenvalue weighted by molar-refractivity contribution is -0.670. The summed E-state index contributed by atoms with van der Waals surface area (Å²) in [6, 6.07) is 32.9. The molecule has 0 saturated carbocycles. The van der Waals surface area contributed by atoms with Crippen LogP contribution < -0.4 is 4.57 Å². The summed E-state index contributed by atoms with van der Waals surface area (Å²) in [6.45, 7) is 0.942. The fourth-order valence-corrected chi connectivity index (χ4v) is 5.29. The Hall–Kier alpha value is -3.23. The Morgan fingerprint density at radius 1 is 0.679 bits per heavy atom. The van der Waals surface area contributed by atoms with Gasteiger partial charge in [0.05, 0.1) is 10.9 Å². The van der Waals surface area contributed by atoms with Gasteiger partial charge in [0.15, 0.2) is 12.7 Å². The van der Waals surface area contributed by atoms with E-state index < -0.39 is 0 Å². The Morgan fingerprint density at radius 3 is 2.21 bits per heavy atom. The van der Waals surface area contributed by atoms with Gasteiger partial charge in [0.2, 0.25) is 5.69 Å². The van der Waals surface area contributed by atoms with Crippen LogP contribution >= 0.6 is 11.3 Å². The highest BCUT2D eigenvalue weighted by Crippen LogP contribution is 2.40. The molecule has 5 aromatic rings. The molecule has 0 unspecified atom stereocenters. The molecule has 0 radical (unpaired) electrons. The lowest BCUT2D eigenvalue weighted by Crippen LogP contribution is -2.31. The highest BCUT2D eigenvalue weighted by atomic mass is 32.1. The van der Waals surface area contributed by atoms with E-state index in [-0.39, 0.29) is 0 Å². The van der Waals surface area contributed by atoms with Gasteiger partial charge in [-0.1, -0.05) is 66.7 Å². The fraction of sp³-hybridized carbons (Fsp3) is 0.0385. The molecule has 0 amide bonds. The Labute approximate surface area is 168 Å². The molecule has 3 heterocycles. The van der Waals surface area contributed by atoms with Crippen LogP contribution in [0.1, 0.15) is 5.56 Å². The summed E-state index contributed by atoms with van der Waals surface area (Å²) in [7, 11) is 0. The molecule has 0 spiro atoms. The third-order valence-electron chi connectivity index (χ3n) is 5.58. The largest absolute Gasteiger partial charge is 0.222 e. The molecular weight excluding hydrogens is 358 g/mol. The minimum atomic E-state index is 0.942. The van der Waals surface area contributed by atoms with Gasteiger partial charge in [-0.25, -0.2) is 0 Å². The average molecular weight is 377 g/mol. The Balaban J connectivity index is 1.51. The van der Waals surface area contributed by atoms with Crippen molar-refractivity contribution in [3.63, 3.8) is 0 Å². The van der Waals surface area contributed by atoms with E-state index in [4.69, 9.17) is 0 Å². The van der Waals surface area contributed by atoms with Gasteiger partial charge in [-0.3, -0.25) is 0 Å². The van der Waals surface area contributed by atoms with E-state index in [0.29, 0.717) is 0 Å². The third kappa shape index (κ3) is 2.42. The van der Waals surface area contributed by atoms with Crippen LogP contribution in [0, 0.1) is 0 Å². The van der Waals surface area contributed by atoms with Crippen LogP contribution in [0.2, 0.25) is 0 Å². The van der Waals surface area contributed by atoms with Crippen molar-refractivity contribution in [3.8, 4) is 32.8 Å². The summed E-state index contributed by atoms with van der Waals surface area (Å²) >= 11 is 1.88. The van der Waals surface area contributed by atoms with Gasteiger partial charge < -0.3 is 0 Å². The maximum atomic E-state index is 2.39. The number of fused-ring (bicyclic) bond motifs is 5. The molecule has 28 heavy (non-hydrogen) atoms. The number of hydrogen-bond donors (Lipinski definition) is 0. The van der Waals surface area contributed by atoms with Gasteiger partial charge in [0.25, 0.3) is 0 Å². The lowest BCUT2D eigenvalue weighted by atomic mass is 9.98. The Kier molecular flexibility index (Phi) is 3.47. The number of nitrogens with zero attached hydrogens (tertiary/aromatic N) is 1. The topological polar surface area (TPSA) is 3.88 Å². The summed E-state index contributed by atoms with van der Waals surface area (Å²) in [4.78, 5) is 1.33.